The average molecular weight is 235 g/mol. The number of pyridine rings is 1. The number of benzene rings is 1. The molecule has 0 fully saturated rings. The van der Waals surface area contributed by atoms with E-state index in [4.69, 9.17) is 5.73 Å². The Morgan fingerprint density at radius 3 is 2.76 bits per heavy atom. The summed E-state index contributed by atoms with van der Waals surface area (Å²) in [6.45, 7) is 0.153. The molecule has 2 aromatic rings. The van der Waals surface area contributed by atoms with Crippen molar-refractivity contribution in [3.05, 3.63) is 53.7 Å². The second-order valence-electron chi connectivity index (χ2n) is 3.56. The Morgan fingerprint density at radius 2 is 2.00 bits per heavy atom. The van der Waals surface area contributed by atoms with Crippen LogP contribution in [-0.4, -0.2) is 4.98 Å². The van der Waals surface area contributed by atoms with Gasteiger partial charge in [0.2, 0.25) is 0 Å². The lowest BCUT2D eigenvalue weighted by Gasteiger charge is -2.07. The van der Waals surface area contributed by atoms with E-state index in [1.165, 1.54) is 0 Å². The molecule has 5 heteroatoms. The van der Waals surface area contributed by atoms with Crippen LogP contribution in [-0.2, 0) is 6.54 Å². The van der Waals surface area contributed by atoms with Crippen LogP contribution in [0.1, 0.15) is 5.56 Å². The molecule has 0 unspecified atom stereocenters. The van der Waals surface area contributed by atoms with Crippen LogP contribution in [0, 0.1) is 11.6 Å². The number of aromatic nitrogens is 1. The van der Waals surface area contributed by atoms with Gasteiger partial charge in [0.05, 0.1) is 0 Å². The Morgan fingerprint density at radius 1 is 1.18 bits per heavy atom. The molecule has 0 atom stereocenters. The highest BCUT2D eigenvalue weighted by Crippen LogP contribution is 2.13. The summed E-state index contributed by atoms with van der Waals surface area (Å²) in [7, 11) is 0. The number of halogens is 2. The fourth-order valence-corrected chi connectivity index (χ4v) is 1.41. The lowest BCUT2D eigenvalue weighted by atomic mass is 10.2. The van der Waals surface area contributed by atoms with Gasteiger partial charge in [-0.3, -0.25) is 0 Å². The monoisotopic (exact) mass is 235 g/mol. The number of hydrogen-bond donors (Lipinski definition) is 2. The Balaban J connectivity index is 2.09. The van der Waals surface area contributed by atoms with Crippen LogP contribution in [0.15, 0.2) is 36.5 Å². The average Bonchev–Trinajstić information content (AvgIpc) is 2.30. The minimum absolute atomic E-state index is 0.153. The van der Waals surface area contributed by atoms with Gasteiger partial charge >= 0.3 is 0 Å². The van der Waals surface area contributed by atoms with Crippen LogP contribution in [0.4, 0.5) is 20.3 Å². The molecule has 0 spiro atoms. The first kappa shape index (κ1) is 11.3. The van der Waals surface area contributed by atoms with E-state index in [0.717, 1.165) is 18.2 Å². The zero-order valence-electron chi connectivity index (χ0n) is 8.95. The highest BCUT2D eigenvalue weighted by molar-refractivity contribution is 5.48. The van der Waals surface area contributed by atoms with Crippen molar-refractivity contribution in [2.24, 2.45) is 0 Å². The van der Waals surface area contributed by atoms with E-state index in [-0.39, 0.29) is 12.1 Å². The SMILES string of the molecule is Nc1ccnc(NCc2cc(F)ccc2F)c1. The second-order valence-corrected chi connectivity index (χ2v) is 3.56. The summed E-state index contributed by atoms with van der Waals surface area (Å²) in [6.07, 6.45) is 1.54. The maximum atomic E-state index is 13.3. The third-order valence-corrected chi connectivity index (χ3v) is 2.25. The fourth-order valence-electron chi connectivity index (χ4n) is 1.41. The molecule has 1 aromatic carbocycles. The van der Waals surface area contributed by atoms with Gasteiger partial charge in [0.25, 0.3) is 0 Å². The fraction of sp³-hybridized carbons (Fsp3) is 0.0833. The van der Waals surface area contributed by atoms with Gasteiger partial charge in [0.1, 0.15) is 17.5 Å². The van der Waals surface area contributed by atoms with Crippen LogP contribution in [0.5, 0.6) is 0 Å². The summed E-state index contributed by atoms with van der Waals surface area (Å²) in [5.74, 6) is -0.403. The zero-order valence-corrected chi connectivity index (χ0v) is 8.95. The van der Waals surface area contributed by atoms with Gasteiger partial charge in [-0.1, -0.05) is 0 Å². The van der Waals surface area contributed by atoms with E-state index in [2.05, 4.69) is 10.3 Å². The van der Waals surface area contributed by atoms with Crippen LogP contribution >= 0.6 is 0 Å². The molecule has 17 heavy (non-hydrogen) atoms. The summed E-state index contributed by atoms with van der Waals surface area (Å²) in [6, 6.07) is 6.59. The van der Waals surface area contributed by atoms with Crippen molar-refractivity contribution in [2.45, 2.75) is 6.54 Å². The number of nitrogens with one attached hydrogen (secondary N) is 1. The molecular formula is C12H11F2N3. The predicted molar refractivity (Wildman–Crippen MR) is 62.3 cm³/mol. The molecule has 0 amide bonds. The van der Waals surface area contributed by atoms with E-state index in [9.17, 15) is 8.78 Å². The normalized spacial score (nSPS) is 10.2. The quantitative estimate of drug-likeness (QED) is 0.859. The maximum absolute atomic E-state index is 13.3. The van der Waals surface area contributed by atoms with E-state index >= 15 is 0 Å². The first-order chi connectivity index (χ1) is 8.15. The summed E-state index contributed by atoms with van der Waals surface area (Å²) in [4.78, 5) is 4.00. The molecule has 0 aliphatic rings. The van der Waals surface area contributed by atoms with Crippen LogP contribution in [0.3, 0.4) is 0 Å². The van der Waals surface area contributed by atoms with Crippen molar-refractivity contribution in [1.82, 2.24) is 4.98 Å². The smallest absolute Gasteiger partial charge is 0.128 e. The summed E-state index contributed by atoms with van der Waals surface area (Å²) in [5, 5.41) is 2.87. The van der Waals surface area contributed by atoms with Gasteiger partial charge in [0.15, 0.2) is 0 Å². The molecule has 1 heterocycles. The maximum Gasteiger partial charge on any atom is 0.128 e. The van der Waals surface area contributed by atoms with Crippen molar-refractivity contribution >= 4 is 11.5 Å². The first-order valence-corrected chi connectivity index (χ1v) is 5.04. The zero-order chi connectivity index (χ0) is 12.3. The molecule has 3 N–H and O–H groups in total. The number of nitrogens with zero attached hydrogens (tertiary/aromatic N) is 1. The van der Waals surface area contributed by atoms with E-state index < -0.39 is 11.6 Å². The third-order valence-electron chi connectivity index (χ3n) is 2.25. The van der Waals surface area contributed by atoms with Gasteiger partial charge in [-0.15, -0.1) is 0 Å². The van der Waals surface area contributed by atoms with Gasteiger partial charge in [-0.05, 0) is 24.3 Å². The highest BCUT2D eigenvalue weighted by Gasteiger charge is 2.04. The number of nitrogen functional groups attached to an aromatic ring is 1. The molecule has 2 rings (SSSR count). The van der Waals surface area contributed by atoms with Gasteiger partial charge in [0, 0.05) is 30.1 Å². The van der Waals surface area contributed by atoms with Crippen LogP contribution in [0.25, 0.3) is 0 Å². The van der Waals surface area contributed by atoms with Crippen LogP contribution < -0.4 is 11.1 Å². The summed E-state index contributed by atoms with van der Waals surface area (Å²) >= 11 is 0. The largest absolute Gasteiger partial charge is 0.399 e. The topological polar surface area (TPSA) is 50.9 Å². The summed E-state index contributed by atoms with van der Waals surface area (Å²) < 4.78 is 26.2. The molecule has 0 bridgehead atoms. The molecule has 0 saturated heterocycles. The minimum atomic E-state index is -0.469. The number of rotatable bonds is 3. The van der Waals surface area contributed by atoms with Gasteiger partial charge < -0.3 is 11.1 Å². The molecule has 88 valence electrons. The predicted octanol–water partition coefficient (Wildman–Crippen LogP) is 2.55. The third kappa shape index (κ3) is 2.90. The van der Waals surface area contributed by atoms with Crippen molar-refractivity contribution < 1.29 is 8.78 Å². The Labute approximate surface area is 97.3 Å². The number of nitrogens with two attached hydrogens (primary N) is 1. The molecule has 0 radical (unpaired) electrons. The molecule has 0 saturated carbocycles. The number of hydrogen-bond acceptors (Lipinski definition) is 3. The van der Waals surface area contributed by atoms with Gasteiger partial charge in [-0.25, -0.2) is 13.8 Å². The molecule has 1 aromatic heterocycles. The van der Waals surface area contributed by atoms with Crippen molar-refractivity contribution in [3.63, 3.8) is 0 Å². The number of anilines is 2. The molecule has 0 aliphatic heterocycles. The highest BCUT2D eigenvalue weighted by atomic mass is 19.1. The summed E-state index contributed by atoms with van der Waals surface area (Å²) in [5.41, 5.74) is 6.37. The van der Waals surface area contributed by atoms with Gasteiger partial charge in [-0.2, -0.15) is 0 Å². The minimum Gasteiger partial charge on any atom is -0.399 e. The first-order valence-electron chi connectivity index (χ1n) is 5.04. The molecular weight excluding hydrogens is 224 g/mol. The van der Waals surface area contributed by atoms with Crippen molar-refractivity contribution in [1.29, 1.82) is 0 Å². The standard InChI is InChI=1S/C12H11F2N3/c13-9-1-2-11(14)8(5-9)7-17-12-6-10(15)3-4-16-12/h1-6H,7H2,(H3,15,16,17). The van der Waals surface area contributed by atoms with Crippen LogP contribution in [0.2, 0.25) is 0 Å². The molecule has 3 nitrogen and oxygen atoms in total. The van der Waals surface area contributed by atoms with E-state index in [1.54, 1.807) is 18.3 Å². The van der Waals surface area contributed by atoms with E-state index in [1.807, 2.05) is 0 Å². The van der Waals surface area contributed by atoms with E-state index in [0.29, 0.717) is 11.5 Å². The second kappa shape index (κ2) is 4.78. The lowest BCUT2D eigenvalue weighted by molar-refractivity contribution is 0.587. The molecule has 0 aliphatic carbocycles. The Bertz CT molecular complexity index is 529. The Kier molecular flexibility index (Phi) is 3.18. The Hall–Kier alpha value is -2.17. The lowest BCUT2D eigenvalue weighted by Crippen LogP contribution is -2.04. The van der Waals surface area contributed by atoms with Crippen molar-refractivity contribution in [2.75, 3.05) is 11.1 Å². The van der Waals surface area contributed by atoms with Crippen molar-refractivity contribution in [3.8, 4) is 0 Å².